The van der Waals surface area contributed by atoms with Gasteiger partial charge in [0.15, 0.2) is 0 Å². The van der Waals surface area contributed by atoms with Crippen LogP contribution in [-0.2, 0) is 9.53 Å². The summed E-state index contributed by atoms with van der Waals surface area (Å²) in [5, 5.41) is 2.60. The molecule has 0 aromatic carbocycles. The Morgan fingerprint density at radius 1 is 1.29 bits per heavy atom. The third kappa shape index (κ3) is 6.81. The van der Waals surface area contributed by atoms with E-state index >= 15 is 0 Å². The summed E-state index contributed by atoms with van der Waals surface area (Å²) < 4.78 is 5.12. The van der Waals surface area contributed by atoms with Crippen LogP contribution in [0.4, 0.5) is 4.79 Å². The third-order valence-electron chi connectivity index (χ3n) is 2.01. The van der Waals surface area contributed by atoms with E-state index in [-0.39, 0.29) is 5.91 Å². The Morgan fingerprint density at radius 3 is 2.18 bits per heavy atom. The Hall–Kier alpha value is -1.26. The lowest BCUT2D eigenvalue weighted by Crippen LogP contribution is -2.47. The highest BCUT2D eigenvalue weighted by Gasteiger charge is 2.24. The molecule has 0 saturated heterocycles. The molecule has 0 aromatic heterocycles. The van der Waals surface area contributed by atoms with Crippen molar-refractivity contribution < 1.29 is 14.3 Å². The molecule has 0 rings (SSSR count). The maximum absolute atomic E-state index is 11.8. The highest BCUT2D eigenvalue weighted by molar-refractivity contribution is 5.85. The summed E-state index contributed by atoms with van der Waals surface area (Å²) in [6, 6.07) is -0.509. The molecule has 0 aromatic rings. The molecular weight excluding hydrogens is 220 g/mol. The molecule has 0 aliphatic heterocycles. The van der Waals surface area contributed by atoms with Crippen LogP contribution in [0, 0.1) is 0 Å². The fourth-order valence-corrected chi connectivity index (χ4v) is 1.31. The Bertz CT molecular complexity index is 269. The Kier molecular flexibility index (Phi) is 5.99. The Morgan fingerprint density at radius 2 is 1.82 bits per heavy atom. The van der Waals surface area contributed by atoms with E-state index < -0.39 is 17.7 Å². The van der Waals surface area contributed by atoms with E-state index in [9.17, 15) is 9.59 Å². The molecule has 1 unspecified atom stereocenters. The SMILES string of the molecule is CCCC(NC(=O)OC(C)(C)C)C(=O)N(C)C. The van der Waals surface area contributed by atoms with Crippen molar-refractivity contribution in [1.29, 1.82) is 0 Å². The van der Waals surface area contributed by atoms with Gasteiger partial charge in [-0.15, -0.1) is 0 Å². The number of hydrogen-bond acceptors (Lipinski definition) is 3. The minimum Gasteiger partial charge on any atom is -0.444 e. The lowest BCUT2D eigenvalue weighted by atomic mass is 10.1. The average Bonchev–Trinajstić information content (AvgIpc) is 2.12. The van der Waals surface area contributed by atoms with Crippen LogP contribution in [0.1, 0.15) is 40.5 Å². The van der Waals surface area contributed by atoms with Gasteiger partial charge in [0.1, 0.15) is 11.6 Å². The number of amides is 2. The standard InChI is InChI=1S/C12H24N2O3/c1-7-8-9(10(15)14(5)6)13-11(16)17-12(2,3)4/h9H,7-8H2,1-6H3,(H,13,16). The molecule has 0 spiro atoms. The first-order chi connectivity index (χ1) is 7.67. The molecule has 0 aliphatic carbocycles. The summed E-state index contributed by atoms with van der Waals surface area (Å²) in [4.78, 5) is 24.8. The zero-order valence-corrected chi connectivity index (χ0v) is 11.7. The van der Waals surface area contributed by atoms with Gasteiger partial charge >= 0.3 is 6.09 Å². The predicted octanol–water partition coefficient (Wildman–Crippen LogP) is 1.77. The molecule has 0 radical (unpaired) electrons. The van der Waals surface area contributed by atoms with E-state index in [1.807, 2.05) is 6.92 Å². The number of nitrogens with one attached hydrogen (secondary N) is 1. The van der Waals surface area contributed by atoms with Gasteiger partial charge in [0.25, 0.3) is 0 Å². The van der Waals surface area contributed by atoms with Gasteiger partial charge in [-0.3, -0.25) is 4.79 Å². The molecule has 0 heterocycles. The summed E-state index contributed by atoms with van der Waals surface area (Å²) in [5.41, 5.74) is -0.554. The first kappa shape index (κ1) is 15.7. The van der Waals surface area contributed by atoms with Crippen molar-refractivity contribution in [3.8, 4) is 0 Å². The largest absolute Gasteiger partial charge is 0.444 e. The van der Waals surface area contributed by atoms with Crippen LogP contribution < -0.4 is 5.32 Å². The number of carbonyl (C=O) groups excluding carboxylic acids is 2. The molecule has 0 saturated carbocycles. The second-order valence-corrected chi connectivity index (χ2v) is 5.22. The van der Waals surface area contributed by atoms with E-state index in [4.69, 9.17) is 4.74 Å². The van der Waals surface area contributed by atoms with Crippen LogP contribution in [0.2, 0.25) is 0 Å². The monoisotopic (exact) mass is 244 g/mol. The molecule has 5 heteroatoms. The molecule has 1 N–H and O–H groups in total. The second kappa shape index (κ2) is 6.47. The van der Waals surface area contributed by atoms with Crippen LogP contribution in [0.15, 0.2) is 0 Å². The van der Waals surface area contributed by atoms with E-state index in [1.165, 1.54) is 4.90 Å². The minimum atomic E-state index is -0.554. The molecule has 0 fully saturated rings. The average molecular weight is 244 g/mol. The van der Waals surface area contributed by atoms with E-state index in [0.29, 0.717) is 6.42 Å². The van der Waals surface area contributed by atoms with E-state index in [1.54, 1.807) is 34.9 Å². The normalized spacial score (nSPS) is 12.8. The summed E-state index contributed by atoms with van der Waals surface area (Å²) in [5.74, 6) is -0.113. The number of likely N-dealkylation sites (N-methyl/N-ethyl adjacent to an activating group) is 1. The summed E-state index contributed by atoms with van der Waals surface area (Å²) >= 11 is 0. The zero-order chi connectivity index (χ0) is 13.6. The van der Waals surface area contributed by atoms with Gasteiger partial charge in [0, 0.05) is 14.1 Å². The van der Waals surface area contributed by atoms with Crippen molar-refractivity contribution in [1.82, 2.24) is 10.2 Å². The van der Waals surface area contributed by atoms with Gasteiger partial charge in [0.2, 0.25) is 5.91 Å². The fourth-order valence-electron chi connectivity index (χ4n) is 1.31. The van der Waals surface area contributed by atoms with Crippen molar-refractivity contribution in [3.05, 3.63) is 0 Å². The van der Waals surface area contributed by atoms with E-state index in [2.05, 4.69) is 5.32 Å². The Balaban J connectivity index is 4.45. The molecule has 100 valence electrons. The molecule has 5 nitrogen and oxygen atoms in total. The van der Waals surface area contributed by atoms with Crippen molar-refractivity contribution >= 4 is 12.0 Å². The van der Waals surface area contributed by atoms with Crippen molar-refractivity contribution in [3.63, 3.8) is 0 Å². The van der Waals surface area contributed by atoms with Gasteiger partial charge in [-0.25, -0.2) is 4.79 Å². The molecular formula is C12H24N2O3. The minimum absolute atomic E-state index is 0.113. The summed E-state index contributed by atoms with van der Waals surface area (Å²) in [7, 11) is 3.34. The topological polar surface area (TPSA) is 58.6 Å². The fraction of sp³-hybridized carbons (Fsp3) is 0.833. The van der Waals surface area contributed by atoms with Crippen LogP contribution in [0.5, 0.6) is 0 Å². The number of carbonyl (C=O) groups is 2. The highest BCUT2D eigenvalue weighted by atomic mass is 16.6. The van der Waals surface area contributed by atoms with Gasteiger partial charge in [-0.05, 0) is 27.2 Å². The number of ether oxygens (including phenoxy) is 1. The smallest absolute Gasteiger partial charge is 0.408 e. The lowest BCUT2D eigenvalue weighted by Gasteiger charge is -2.24. The van der Waals surface area contributed by atoms with Crippen LogP contribution in [-0.4, -0.2) is 42.6 Å². The zero-order valence-electron chi connectivity index (χ0n) is 11.7. The molecule has 0 aliphatic rings. The highest BCUT2D eigenvalue weighted by Crippen LogP contribution is 2.08. The molecule has 17 heavy (non-hydrogen) atoms. The van der Waals surface area contributed by atoms with Crippen LogP contribution in [0.3, 0.4) is 0 Å². The quantitative estimate of drug-likeness (QED) is 0.820. The third-order valence-corrected chi connectivity index (χ3v) is 2.01. The maximum atomic E-state index is 11.8. The lowest BCUT2D eigenvalue weighted by molar-refractivity contribution is -0.131. The van der Waals surface area contributed by atoms with E-state index in [0.717, 1.165) is 6.42 Å². The first-order valence-corrected chi connectivity index (χ1v) is 5.88. The molecule has 0 bridgehead atoms. The van der Waals surface area contributed by atoms with Gasteiger partial charge in [0.05, 0.1) is 0 Å². The summed E-state index contributed by atoms with van der Waals surface area (Å²) in [6.45, 7) is 7.33. The van der Waals surface area contributed by atoms with Crippen LogP contribution >= 0.6 is 0 Å². The summed E-state index contributed by atoms with van der Waals surface area (Å²) in [6.07, 6.45) is 0.877. The number of hydrogen-bond donors (Lipinski definition) is 1. The Labute approximate surface area is 103 Å². The maximum Gasteiger partial charge on any atom is 0.408 e. The first-order valence-electron chi connectivity index (χ1n) is 5.88. The van der Waals surface area contributed by atoms with Crippen molar-refractivity contribution in [2.75, 3.05) is 14.1 Å². The van der Waals surface area contributed by atoms with Gasteiger partial charge < -0.3 is 15.0 Å². The molecule has 1 atom stereocenters. The van der Waals surface area contributed by atoms with Gasteiger partial charge in [-0.2, -0.15) is 0 Å². The molecule has 2 amide bonds. The number of alkyl carbamates (subject to hydrolysis) is 1. The predicted molar refractivity (Wildman–Crippen MR) is 66.8 cm³/mol. The van der Waals surface area contributed by atoms with Gasteiger partial charge in [-0.1, -0.05) is 13.3 Å². The number of rotatable bonds is 4. The second-order valence-electron chi connectivity index (χ2n) is 5.22. The van der Waals surface area contributed by atoms with Crippen molar-refractivity contribution in [2.24, 2.45) is 0 Å². The van der Waals surface area contributed by atoms with Crippen LogP contribution in [0.25, 0.3) is 0 Å². The number of nitrogens with zero attached hydrogens (tertiary/aromatic N) is 1. The van der Waals surface area contributed by atoms with Crippen molar-refractivity contribution in [2.45, 2.75) is 52.2 Å².